The molecule has 0 saturated carbocycles. The Balaban J connectivity index is 1.75. The number of benzene rings is 2. The van der Waals surface area contributed by atoms with Crippen molar-refractivity contribution in [2.24, 2.45) is 0 Å². The third kappa shape index (κ3) is 5.64. The summed E-state index contributed by atoms with van der Waals surface area (Å²) in [5, 5.41) is 2.85. The number of carbonyl (C=O) groups is 2. The van der Waals surface area contributed by atoms with Crippen LogP contribution in [0.4, 0.5) is 0 Å². The van der Waals surface area contributed by atoms with E-state index in [0.29, 0.717) is 42.9 Å². The van der Waals surface area contributed by atoms with Crippen LogP contribution in [0.2, 0.25) is 0 Å². The second-order valence-electron chi connectivity index (χ2n) is 5.61. The molecule has 0 aliphatic carbocycles. The zero-order chi connectivity index (χ0) is 18.1. The lowest BCUT2D eigenvalue weighted by molar-refractivity contribution is -0.121. The number of ketones is 1. The molecule has 0 radical (unpaired) electrons. The number of amides is 1. The number of methoxy groups -OCH3 is 2. The van der Waals surface area contributed by atoms with Crippen LogP contribution >= 0.6 is 0 Å². The summed E-state index contributed by atoms with van der Waals surface area (Å²) in [6.07, 6.45) is 1.23. The zero-order valence-electron chi connectivity index (χ0n) is 14.6. The molecule has 1 amide bonds. The number of rotatable bonds is 9. The van der Waals surface area contributed by atoms with Gasteiger partial charge < -0.3 is 14.8 Å². The van der Waals surface area contributed by atoms with Crippen LogP contribution < -0.4 is 14.8 Å². The van der Waals surface area contributed by atoms with Crippen molar-refractivity contribution in [2.75, 3.05) is 14.2 Å². The molecule has 132 valence electrons. The van der Waals surface area contributed by atoms with Gasteiger partial charge in [0.15, 0.2) is 17.3 Å². The number of ether oxygens (including phenoxy) is 2. The molecule has 0 unspecified atom stereocenters. The standard InChI is InChI=1S/C20H23NO4/c1-24-18-12-11-15(13-19(18)25-2)14-21-20(23)10-6-9-17(22)16-7-4-3-5-8-16/h3-5,7-8,11-13H,6,9-10,14H2,1-2H3,(H,21,23). The molecule has 2 aromatic rings. The van der Waals surface area contributed by atoms with Crippen LogP contribution in [-0.4, -0.2) is 25.9 Å². The molecule has 0 aliphatic heterocycles. The summed E-state index contributed by atoms with van der Waals surface area (Å²) in [6.45, 7) is 0.409. The van der Waals surface area contributed by atoms with Gasteiger partial charge in [-0.15, -0.1) is 0 Å². The van der Waals surface area contributed by atoms with Crippen molar-refractivity contribution >= 4 is 11.7 Å². The molecule has 25 heavy (non-hydrogen) atoms. The van der Waals surface area contributed by atoms with Gasteiger partial charge in [-0.2, -0.15) is 0 Å². The Labute approximate surface area is 148 Å². The summed E-state index contributed by atoms with van der Waals surface area (Å²) in [6, 6.07) is 14.6. The monoisotopic (exact) mass is 341 g/mol. The normalized spacial score (nSPS) is 10.2. The van der Waals surface area contributed by atoms with Gasteiger partial charge in [-0.3, -0.25) is 9.59 Å². The molecule has 0 fully saturated rings. The third-order valence-corrected chi connectivity index (χ3v) is 3.84. The van der Waals surface area contributed by atoms with Crippen molar-refractivity contribution in [1.29, 1.82) is 0 Å². The fourth-order valence-corrected chi connectivity index (χ4v) is 2.46. The fraction of sp³-hybridized carbons (Fsp3) is 0.300. The molecule has 2 rings (SSSR count). The first-order valence-electron chi connectivity index (χ1n) is 8.20. The molecule has 5 nitrogen and oxygen atoms in total. The molecular weight excluding hydrogens is 318 g/mol. The lowest BCUT2D eigenvalue weighted by atomic mass is 10.1. The maximum atomic E-state index is 12.0. The molecule has 0 atom stereocenters. The molecule has 1 N–H and O–H groups in total. The average Bonchev–Trinajstić information content (AvgIpc) is 2.66. The molecule has 2 aromatic carbocycles. The second-order valence-corrected chi connectivity index (χ2v) is 5.61. The Hall–Kier alpha value is -2.82. The van der Waals surface area contributed by atoms with Gasteiger partial charge in [-0.25, -0.2) is 0 Å². The van der Waals surface area contributed by atoms with Gasteiger partial charge in [0.1, 0.15) is 0 Å². The predicted octanol–water partition coefficient (Wildman–Crippen LogP) is 3.37. The minimum atomic E-state index is -0.0735. The third-order valence-electron chi connectivity index (χ3n) is 3.84. The predicted molar refractivity (Wildman–Crippen MR) is 96.0 cm³/mol. The van der Waals surface area contributed by atoms with Gasteiger partial charge in [0, 0.05) is 24.9 Å². The van der Waals surface area contributed by atoms with Crippen molar-refractivity contribution in [1.82, 2.24) is 5.32 Å². The Bertz CT molecular complexity index is 713. The largest absolute Gasteiger partial charge is 0.493 e. The van der Waals surface area contributed by atoms with E-state index in [1.165, 1.54) is 0 Å². The van der Waals surface area contributed by atoms with Crippen molar-refractivity contribution in [2.45, 2.75) is 25.8 Å². The molecule has 0 saturated heterocycles. The highest BCUT2D eigenvalue weighted by Gasteiger charge is 2.08. The summed E-state index contributed by atoms with van der Waals surface area (Å²) >= 11 is 0. The van der Waals surface area contributed by atoms with Crippen molar-refractivity contribution < 1.29 is 19.1 Å². The van der Waals surface area contributed by atoms with Gasteiger partial charge in [0.2, 0.25) is 5.91 Å². The number of carbonyl (C=O) groups excluding carboxylic acids is 2. The zero-order valence-corrected chi connectivity index (χ0v) is 14.6. The van der Waals surface area contributed by atoms with Gasteiger partial charge in [0.25, 0.3) is 0 Å². The van der Waals surface area contributed by atoms with Crippen LogP contribution in [0.5, 0.6) is 11.5 Å². The Morgan fingerprint density at radius 1 is 0.920 bits per heavy atom. The lowest BCUT2D eigenvalue weighted by Gasteiger charge is -2.10. The maximum Gasteiger partial charge on any atom is 0.220 e. The first kappa shape index (κ1) is 18.5. The van der Waals surface area contributed by atoms with Crippen molar-refractivity contribution in [3.8, 4) is 11.5 Å². The second kappa shape index (κ2) is 9.47. The van der Waals surface area contributed by atoms with Gasteiger partial charge in [-0.05, 0) is 24.1 Å². The topological polar surface area (TPSA) is 64.6 Å². The van der Waals surface area contributed by atoms with Crippen LogP contribution in [0.1, 0.15) is 35.2 Å². The summed E-state index contributed by atoms with van der Waals surface area (Å²) in [5.74, 6) is 1.27. The van der Waals surface area contributed by atoms with Crippen LogP contribution in [0, 0.1) is 0 Å². The smallest absolute Gasteiger partial charge is 0.220 e. The molecule has 0 aliphatic rings. The summed E-state index contributed by atoms with van der Waals surface area (Å²) in [4.78, 5) is 23.9. The number of hydrogen-bond donors (Lipinski definition) is 1. The Morgan fingerprint density at radius 3 is 2.32 bits per heavy atom. The highest BCUT2D eigenvalue weighted by molar-refractivity contribution is 5.96. The first-order valence-corrected chi connectivity index (χ1v) is 8.20. The average molecular weight is 341 g/mol. The molecule has 0 aromatic heterocycles. The Kier molecular flexibility index (Phi) is 7.01. The molecule has 5 heteroatoms. The van der Waals surface area contributed by atoms with E-state index in [-0.39, 0.29) is 11.7 Å². The van der Waals surface area contributed by atoms with E-state index >= 15 is 0 Å². The van der Waals surface area contributed by atoms with E-state index in [1.807, 2.05) is 30.3 Å². The highest BCUT2D eigenvalue weighted by atomic mass is 16.5. The summed E-state index contributed by atoms with van der Waals surface area (Å²) < 4.78 is 10.4. The molecular formula is C20H23NO4. The van der Waals surface area contributed by atoms with E-state index in [9.17, 15) is 9.59 Å². The summed E-state index contributed by atoms with van der Waals surface area (Å²) in [5.41, 5.74) is 1.61. The summed E-state index contributed by atoms with van der Waals surface area (Å²) in [7, 11) is 3.15. The quantitative estimate of drug-likeness (QED) is 0.710. The minimum absolute atomic E-state index is 0.0632. The molecule has 0 bridgehead atoms. The van der Waals surface area contributed by atoms with E-state index < -0.39 is 0 Å². The van der Waals surface area contributed by atoms with E-state index in [4.69, 9.17) is 9.47 Å². The van der Waals surface area contributed by atoms with Crippen molar-refractivity contribution in [3.05, 3.63) is 59.7 Å². The van der Waals surface area contributed by atoms with E-state index in [0.717, 1.165) is 5.56 Å². The Morgan fingerprint density at radius 2 is 1.64 bits per heavy atom. The van der Waals surface area contributed by atoms with Crippen LogP contribution in [0.25, 0.3) is 0 Å². The lowest BCUT2D eigenvalue weighted by Crippen LogP contribution is -2.22. The van der Waals surface area contributed by atoms with Gasteiger partial charge in [0.05, 0.1) is 14.2 Å². The van der Waals surface area contributed by atoms with E-state index in [1.54, 1.807) is 32.4 Å². The number of Topliss-reactive ketones (excluding diaryl/α,β-unsaturated/α-hetero) is 1. The van der Waals surface area contributed by atoms with Crippen LogP contribution in [0.3, 0.4) is 0 Å². The fourth-order valence-electron chi connectivity index (χ4n) is 2.46. The first-order chi connectivity index (χ1) is 12.1. The molecule has 0 spiro atoms. The SMILES string of the molecule is COc1ccc(CNC(=O)CCCC(=O)c2ccccc2)cc1OC. The van der Waals surface area contributed by atoms with E-state index in [2.05, 4.69) is 5.32 Å². The van der Waals surface area contributed by atoms with Crippen LogP contribution in [0.15, 0.2) is 48.5 Å². The number of hydrogen-bond acceptors (Lipinski definition) is 4. The number of nitrogens with one attached hydrogen (secondary N) is 1. The minimum Gasteiger partial charge on any atom is -0.493 e. The van der Waals surface area contributed by atoms with Crippen LogP contribution in [-0.2, 0) is 11.3 Å². The van der Waals surface area contributed by atoms with Gasteiger partial charge in [-0.1, -0.05) is 36.4 Å². The maximum absolute atomic E-state index is 12.0. The highest BCUT2D eigenvalue weighted by Crippen LogP contribution is 2.27. The van der Waals surface area contributed by atoms with Gasteiger partial charge >= 0.3 is 0 Å². The van der Waals surface area contributed by atoms with Crippen molar-refractivity contribution in [3.63, 3.8) is 0 Å². The molecule has 0 heterocycles.